The first kappa shape index (κ1) is 19.5. The molecule has 5 nitrogen and oxygen atoms in total. The summed E-state index contributed by atoms with van der Waals surface area (Å²) in [6.45, 7) is 9.23. The van der Waals surface area contributed by atoms with E-state index in [1.807, 2.05) is 50.2 Å². The predicted octanol–water partition coefficient (Wildman–Crippen LogP) is 4.92. The van der Waals surface area contributed by atoms with Crippen molar-refractivity contribution >= 4 is 23.1 Å². The number of hydrogen-bond donors (Lipinski definition) is 0. The molecule has 3 aromatic rings. The maximum atomic E-state index is 13.2. The Labute approximate surface area is 166 Å². The summed E-state index contributed by atoms with van der Waals surface area (Å²) in [5, 5.41) is 0. The Kier molecular flexibility index (Phi) is 6.04. The van der Waals surface area contributed by atoms with Gasteiger partial charge >= 0.3 is 0 Å². The number of benzene rings is 2. The molecule has 1 amide bonds. The number of hydrogen-bond acceptors (Lipinski definition) is 4. The van der Waals surface area contributed by atoms with Gasteiger partial charge in [-0.15, -0.1) is 0 Å². The predicted molar refractivity (Wildman–Crippen MR) is 114 cm³/mol. The number of aromatic nitrogens is 2. The SMILES string of the molecule is CCN(C(=O)c1cc(N(CC)c2cccc(C)c2)nc(C)n1)c1ccccc1. The fraction of sp³-hybridized carbons (Fsp3) is 0.261. The molecule has 0 unspecified atom stereocenters. The van der Waals surface area contributed by atoms with E-state index in [1.165, 1.54) is 5.56 Å². The van der Waals surface area contributed by atoms with Crippen LogP contribution < -0.4 is 9.80 Å². The second-order valence-corrected chi connectivity index (χ2v) is 6.63. The van der Waals surface area contributed by atoms with Gasteiger partial charge in [-0.2, -0.15) is 0 Å². The van der Waals surface area contributed by atoms with Crippen LogP contribution in [0.4, 0.5) is 17.2 Å². The Hall–Kier alpha value is -3.21. The van der Waals surface area contributed by atoms with Crippen LogP contribution in [0.25, 0.3) is 0 Å². The van der Waals surface area contributed by atoms with Gasteiger partial charge in [0.2, 0.25) is 0 Å². The van der Waals surface area contributed by atoms with Crippen molar-refractivity contribution in [1.29, 1.82) is 0 Å². The van der Waals surface area contributed by atoms with E-state index in [2.05, 4.69) is 46.9 Å². The van der Waals surface area contributed by atoms with Crippen LogP contribution in [0.3, 0.4) is 0 Å². The highest BCUT2D eigenvalue weighted by molar-refractivity contribution is 6.05. The second kappa shape index (κ2) is 8.65. The number of anilines is 3. The number of amides is 1. The van der Waals surface area contributed by atoms with Crippen molar-refractivity contribution < 1.29 is 4.79 Å². The molecule has 28 heavy (non-hydrogen) atoms. The second-order valence-electron chi connectivity index (χ2n) is 6.63. The zero-order valence-corrected chi connectivity index (χ0v) is 16.9. The number of para-hydroxylation sites is 1. The molecule has 1 heterocycles. The topological polar surface area (TPSA) is 49.3 Å². The Morgan fingerprint density at radius 2 is 1.57 bits per heavy atom. The molecule has 0 fully saturated rings. The van der Waals surface area contributed by atoms with Crippen LogP contribution >= 0.6 is 0 Å². The third-order valence-corrected chi connectivity index (χ3v) is 4.58. The number of rotatable bonds is 6. The van der Waals surface area contributed by atoms with Crippen molar-refractivity contribution in [2.24, 2.45) is 0 Å². The molecule has 0 radical (unpaired) electrons. The summed E-state index contributed by atoms with van der Waals surface area (Å²) in [6.07, 6.45) is 0. The van der Waals surface area contributed by atoms with Crippen LogP contribution in [0, 0.1) is 13.8 Å². The molecular formula is C23H26N4O. The van der Waals surface area contributed by atoms with Gasteiger partial charge in [-0.3, -0.25) is 4.79 Å². The minimum absolute atomic E-state index is 0.124. The summed E-state index contributed by atoms with van der Waals surface area (Å²) in [7, 11) is 0. The van der Waals surface area contributed by atoms with Crippen molar-refractivity contribution in [2.75, 3.05) is 22.9 Å². The lowest BCUT2D eigenvalue weighted by molar-refractivity contribution is 0.0983. The standard InChI is InChI=1S/C23H26N4O/c1-5-26(20-14-10-11-17(3)15-20)22-16-21(24-18(4)25-22)23(28)27(6-2)19-12-8-7-9-13-19/h7-16H,5-6H2,1-4H3. The van der Waals surface area contributed by atoms with E-state index in [-0.39, 0.29) is 5.91 Å². The molecule has 5 heteroatoms. The van der Waals surface area contributed by atoms with Crippen molar-refractivity contribution in [2.45, 2.75) is 27.7 Å². The molecule has 144 valence electrons. The summed E-state index contributed by atoms with van der Waals surface area (Å²) < 4.78 is 0. The highest BCUT2D eigenvalue weighted by atomic mass is 16.2. The number of carbonyl (C=O) groups is 1. The molecule has 2 aromatic carbocycles. The van der Waals surface area contributed by atoms with E-state index in [1.54, 1.807) is 11.0 Å². The monoisotopic (exact) mass is 374 g/mol. The van der Waals surface area contributed by atoms with Gasteiger partial charge in [0, 0.05) is 30.5 Å². The first-order valence-corrected chi connectivity index (χ1v) is 9.60. The van der Waals surface area contributed by atoms with Crippen LogP contribution in [0.1, 0.15) is 35.7 Å². The molecule has 0 aliphatic rings. The number of carbonyl (C=O) groups excluding carboxylic acids is 1. The quantitative estimate of drug-likeness (QED) is 0.615. The molecule has 0 atom stereocenters. The average molecular weight is 374 g/mol. The zero-order chi connectivity index (χ0) is 20.1. The Bertz CT molecular complexity index is 956. The Morgan fingerprint density at radius 3 is 2.21 bits per heavy atom. The molecule has 0 aliphatic heterocycles. The molecule has 0 saturated carbocycles. The lowest BCUT2D eigenvalue weighted by Crippen LogP contribution is -2.32. The van der Waals surface area contributed by atoms with Gasteiger partial charge in [-0.05, 0) is 57.5 Å². The smallest absolute Gasteiger partial charge is 0.277 e. The van der Waals surface area contributed by atoms with E-state index in [4.69, 9.17) is 0 Å². The lowest BCUT2D eigenvalue weighted by Gasteiger charge is -2.24. The lowest BCUT2D eigenvalue weighted by atomic mass is 10.2. The first-order chi connectivity index (χ1) is 13.5. The van der Waals surface area contributed by atoms with Crippen LogP contribution in [0.5, 0.6) is 0 Å². The van der Waals surface area contributed by atoms with Crippen molar-refractivity contribution in [1.82, 2.24) is 9.97 Å². The van der Waals surface area contributed by atoms with Gasteiger partial charge in [-0.25, -0.2) is 9.97 Å². The first-order valence-electron chi connectivity index (χ1n) is 9.60. The molecule has 3 rings (SSSR count). The van der Waals surface area contributed by atoms with Gasteiger partial charge in [0.05, 0.1) is 0 Å². The van der Waals surface area contributed by atoms with Crippen LogP contribution in [0.2, 0.25) is 0 Å². The van der Waals surface area contributed by atoms with Crippen molar-refractivity contribution in [3.05, 3.63) is 77.7 Å². The van der Waals surface area contributed by atoms with E-state index in [9.17, 15) is 4.79 Å². The van der Waals surface area contributed by atoms with Gasteiger partial charge in [0.15, 0.2) is 0 Å². The minimum Gasteiger partial charge on any atom is -0.327 e. The van der Waals surface area contributed by atoms with Gasteiger partial charge < -0.3 is 9.80 Å². The van der Waals surface area contributed by atoms with Crippen molar-refractivity contribution in [3.8, 4) is 0 Å². The average Bonchev–Trinajstić information content (AvgIpc) is 2.69. The summed E-state index contributed by atoms with van der Waals surface area (Å²) in [5.74, 6) is 1.19. The zero-order valence-electron chi connectivity index (χ0n) is 16.9. The highest BCUT2D eigenvalue weighted by Gasteiger charge is 2.20. The van der Waals surface area contributed by atoms with E-state index in [0.29, 0.717) is 18.1 Å². The third kappa shape index (κ3) is 4.19. The minimum atomic E-state index is -0.124. The largest absolute Gasteiger partial charge is 0.327 e. The summed E-state index contributed by atoms with van der Waals surface area (Å²) in [5.41, 5.74) is 3.49. The van der Waals surface area contributed by atoms with Crippen LogP contribution in [-0.2, 0) is 0 Å². The van der Waals surface area contributed by atoms with E-state index < -0.39 is 0 Å². The highest BCUT2D eigenvalue weighted by Crippen LogP contribution is 2.25. The molecule has 1 aromatic heterocycles. The fourth-order valence-corrected chi connectivity index (χ4v) is 3.26. The Morgan fingerprint density at radius 1 is 0.857 bits per heavy atom. The third-order valence-electron chi connectivity index (χ3n) is 4.58. The van der Waals surface area contributed by atoms with Crippen LogP contribution in [0.15, 0.2) is 60.7 Å². The van der Waals surface area contributed by atoms with Crippen LogP contribution in [-0.4, -0.2) is 29.0 Å². The maximum absolute atomic E-state index is 13.2. The number of aryl methyl sites for hydroxylation is 2. The molecule has 0 bridgehead atoms. The molecule has 0 spiro atoms. The fourth-order valence-electron chi connectivity index (χ4n) is 3.26. The van der Waals surface area contributed by atoms with Gasteiger partial charge in [0.1, 0.15) is 17.3 Å². The van der Waals surface area contributed by atoms with Crippen molar-refractivity contribution in [3.63, 3.8) is 0 Å². The molecule has 0 N–H and O–H groups in total. The van der Waals surface area contributed by atoms with Gasteiger partial charge in [-0.1, -0.05) is 30.3 Å². The summed E-state index contributed by atoms with van der Waals surface area (Å²) >= 11 is 0. The van der Waals surface area contributed by atoms with E-state index in [0.717, 1.165) is 23.7 Å². The summed E-state index contributed by atoms with van der Waals surface area (Å²) in [4.78, 5) is 26.0. The molecule has 0 aliphatic carbocycles. The molecule has 0 saturated heterocycles. The Balaban J connectivity index is 1.99. The molecular weight excluding hydrogens is 348 g/mol. The van der Waals surface area contributed by atoms with E-state index >= 15 is 0 Å². The summed E-state index contributed by atoms with van der Waals surface area (Å²) in [6, 6.07) is 19.7. The normalized spacial score (nSPS) is 10.6. The number of nitrogens with zero attached hydrogens (tertiary/aromatic N) is 4. The maximum Gasteiger partial charge on any atom is 0.277 e. The van der Waals surface area contributed by atoms with Gasteiger partial charge in [0.25, 0.3) is 5.91 Å².